The number of hydrogen-bond donors (Lipinski definition) is 1. The summed E-state index contributed by atoms with van der Waals surface area (Å²) in [4.78, 5) is 0. The fourth-order valence-corrected chi connectivity index (χ4v) is 2.43. The Hall–Kier alpha value is -1.13. The van der Waals surface area contributed by atoms with Crippen LogP contribution in [-0.2, 0) is 6.54 Å². The van der Waals surface area contributed by atoms with E-state index in [-0.39, 0.29) is 0 Å². The normalized spacial score (nSPS) is 10.7. The Labute approximate surface area is 110 Å². The average molecular weight is 268 g/mol. The molecule has 3 nitrogen and oxygen atoms in total. The molecular weight excluding hydrogens is 254 g/mol. The van der Waals surface area contributed by atoms with Crippen LogP contribution in [0.25, 0.3) is 0 Å². The Kier molecular flexibility index (Phi) is 3.97. The molecule has 0 spiro atoms. The van der Waals surface area contributed by atoms with E-state index in [1.54, 1.807) is 16.4 Å². The molecule has 2 N–H and O–H groups in total. The van der Waals surface area contributed by atoms with E-state index in [1.807, 2.05) is 30.3 Å². The lowest BCUT2D eigenvalue weighted by molar-refractivity contribution is 0.675. The van der Waals surface area contributed by atoms with Crippen LogP contribution in [0.15, 0.2) is 35.4 Å². The van der Waals surface area contributed by atoms with Crippen LogP contribution in [0.1, 0.15) is 12.5 Å². The van der Waals surface area contributed by atoms with Crippen molar-refractivity contribution in [2.75, 3.05) is 11.5 Å². The Bertz CT molecular complexity index is 510. The third-order valence-corrected chi connectivity index (χ3v) is 3.32. The van der Waals surface area contributed by atoms with Crippen molar-refractivity contribution in [2.45, 2.75) is 18.5 Å². The van der Waals surface area contributed by atoms with Crippen LogP contribution in [0.2, 0.25) is 5.02 Å². The lowest BCUT2D eigenvalue weighted by Crippen LogP contribution is -2.05. The van der Waals surface area contributed by atoms with Gasteiger partial charge in [0, 0.05) is 11.1 Å². The molecule has 0 bridgehead atoms. The van der Waals surface area contributed by atoms with E-state index >= 15 is 0 Å². The van der Waals surface area contributed by atoms with Gasteiger partial charge in [0.05, 0.1) is 6.54 Å². The zero-order valence-electron chi connectivity index (χ0n) is 9.56. The molecule has 0 aliphatic heterocycles. The number of nitrogens with two attached hydrogens (primary N) is 1. The van der Waals surface area contributed by atoms with Crippen molar-refractivity contribution in [1.82, 2.24) is 9.78 Å². The van der Waals surface area contributed by atoms with Gasteiger partial charge < -0.3 is 5.73 Å². The molecule has 0 atom stereocenters. The largest absolute Gasteiger partial charge is 0.384 e. The van der Waals surface area contributed by atoms with Crippen LogP contribution in [0.3, 0.4) is 0 Å². The topological polar surface area (TPSA) is 43.8 Å². The fraction of sp³-hybridized carbons (Fsp3) is 0.250. The quantitative estimate of drug-likeness (QED) is 0.865. The SMILES string of the molecule is CCSc1cc(N)n(Cc2cccc(Cl)c2)n1. The van der Waals surface area contributed by atoms with E-state index in [1.165, 1.54) is 0 Å². The van der Waals surface area contributed by atoms with Gasteiger partial charge in [0.2, 0.25) is 0 Å². The van der Waals surface area contributed by atoms with E-state index < -0.39 is 0 Å². The molecule has 0 aliphatic carbocycles. The number of halogens is 1. The maximum atomic E-state index is 5.94. The van der Waals surface area contributed by atoms with E-state index in [0.717, 1.165) is 21.4 Å². The first kappa shape index (κ1) is 12.3. The van der Waals surface area contributed by atoms with Crippen molar-refractivity contribution < 1.29 is 0 Å². The first-order valence-corrected chi connectivity index (χ1v) is 6.76. The number of aromatic nitrogens is 2. The summed E-state index contributed by atoms with van der Waals surface area (Å²) in [5.41, 5.74) is 7.01. The van der Waals surface area contributed by atoms with Crippen LogP contribution >= 0.6 is 23.4 Å². The highest BCUT2D eigenvalue weighted by molar-refractivity contribution is 7.99. The number of thioether (sulfide) groups is 1. The zero-order valence-corrected chi connectivity index (χ0v) is 11.1. The average Bonchev–Trinajstić information content (AvgIpc) is 2.60. The molecule has 17 heavy (non-hydrogen) atoms. The molecule has 2 rings (SSSR count). The molecule has 0 radical (unpaired) electrons. The first-order chi connectivity index (χ1) is 8.19. The van der Waals surface area contributed by atoms with Gasteiger partial charge in [0.25, 0.3) is 0 Å². The zero-order chi connectivity index (χ0) is 12.3. The van der Waals surface area contributed by atoms with E-state index in [4.69, 9.17) is 17.3 Å². The standard InChI is InChI=1S/C12H14ClN3S/c1-2-17-12-7-11(14)16(15-12)8-9-4-3-5-10(13)6-9/h3-7H,2,8,14H2,1H3. The third kappa shape index (κ3) is 3.17. The molecule has 0 saturated carbocycles. The van der Waals surface area contributed by atoms with Gasteiger partial charge in [-0.25, -0.2) is 4.68 Å². The number of rotatable bonds is 4. The van der Waals surface area contributed by atoms with E-state index in [0.29, 0.717) is 12.4 Å². The van der Waals surface area contributed by atoms with Gasteiger partial charge in [-0.05, 0) is 23.4 Å². The second-order valence-electron chi connectivity index (χ2n) is 3.63. The van der Waals surface area contributed by atoms with Crippen molar-refractivity contribution in [3.8, 4) is 0 Å². The van der Waals surface area contributed by atoms with Crippen LogP contribution in [-0.4, -0.2) is 15.5 Å². The minimum absolute atomic E-state index is 0.649. The molecule has 0 unspecified atom stereocenters. The minimum atomic E-state index is 0.649. The number of nitrogens with zero attached hydrogens (tertiary/aromatic N) is 2. The van der Waals surface area contributed by atoms with Gasteiger partial charge in [0.15, 0.2) is 0 Å². The molecule has 5 heteroatoms. The number of hydrogen-bond acceptors (Lipinski definition) is 3. The predicted octanol–water partition coefficient (Wildman–Crippen LogP) is 3.28. The van der Waals surface area contributed by atoms with Gasteiger partial charge in [-0.2, -0.15) is 5.10 Å². The Morgan fingerprint density at radius 3 is 2.94 bits per heavy atom. The lowest BCUT2D eigenvalue weighted by Gasteiger charge is -2.04. The molecular formula is C12H14ClN3S. The Morgan fingerprint density at radius 2 is 2.24 bits per heavy atom. The number of anilines is 1. The first-order valence-electron chi connectivity index (χ1n) is 5.39. The van der Waals surface area contributed by atoms with Crippen LogP contribution < -0.4 is 5.73 Å². The molecule has 0 saturated heterocycles. The fourth-order valence-electron chi connectivity index (χ4n) is 1.56. The predicted molar refractivity (Wildman–Crippen MR) is 73.6 cm³/mol. The summed E-state index contributed by atoms with van der Waals surface area (Å²) >= 11 is 7.63. The molecule has 0 aliphatic rings. The minimum Gasteiger partial charge on any atom is -0.384 e. The maximum Gasteiger partial charge on any atom is 0.123 e. The third-order valence-electron chi connectivity index (χ3n) is 2.30. The molecule has 1 aromatic heterocycles. The van der Waals surface area contributed by atoms with Gasteiger partial charge in [-0.15, -0.1) is 11.8 Å². The highest BCUT2D eigenvalue weighted by Gasteiger charge is 2.05. The summed E-state index contributed by atoms with van der Waals surface area (Å²) < 4.78 is 1.80. The van der Waals surface area contributed by atoms with Crippen LogP contribution in [0, 0.1) is 0 Å². The molecule has 2 aromatic rings. The summed E-state index contributed by atoms with van der Waals surface area (Å²) in [5.74, 6) is 1.68. The Balaban J connectivity index is 2.18. The number of benzene rings is 1. The second-order valence-corrected chi connectivity index (χ2v) is 5.35. The highest BCUT2D eigenvalue weighted by atomic mass is 35.5. The van der Waals surface area contributed by atoms with Gasteiger partial charge in [-0.3, -0.25) is 0 Å². The molecule has 1 aromatic carbocycles. The molecule has 90 valence electrons. The van der Waals surface area contributed by atoms with Gasteiger partial charge in [0.1, 0.15) is 10.8 Å². The molecule has 0 fully saturated rings. The van der Waals surface area contributed by atoms with Crippen molar-refractivity contribution in [3.05, 3.63) is 40.9 Å². The van der Waals surface area contributed by atoms with Crippen LogP contribution in [0.5, 0.6) is 0 Å². The monoisotopic (exact) mass is 267 g/mol. The molecule has 0 amide bonds. The van der Waals surface area contributed by atoms with Crippen LogP contribution in [0.4, 0.5) is 5.82 Å². The maximum absolute atomic E-state index is 5.94. The van der Waals surface area contributed by atoms with Gasteiger partial charge in [-0.1, -0.05) is 30.7 Å². The summed E-state index contributed by atoms with van der Waals surface area (Å²) in [5, 5.41) is 6.13. The molecule has 1 heterocycles. The van der Waals surface area contributed by atoms with Crippen molar-refractivity contribution in [1.29, 1.82) is 0 Å². The van der Waals surface area contributed by atoms with E-state index in [9.17, 15) is 0 Å². The smallest absolute Gasteiger partial charge is 0.123 e. The summed E-state index contributed by atoms with van der Waals surface area (Å²) in [6, 6.07) is 9.63. The lowest BCUT2D eigenvalue weighted by atomic mass is 10.2. The number of nitrogen functional groups attached to an aromatic ring is 1. The summed E-state index contributed by atoms with van der Waals surface area (Å²) in [7, 11) is 0. The van der Waals surface area contributed by atoms with Crippen molar-refractivity contribution >= 4 is 29.2 Å². The summed E-state index contributed by atoms with van der Waals surface area (Å²) in [6.07, 6.45) is 0. The van der Waals surface area contributed by atoms with E-state index in [2.05, 4.69) is 12.0 Å². The second kappa shape index (κ2) is 5.47. The Morgan fingerprint density at radius 1 is 1.41 bits per heavy atom. The van der Waals surface area contributed by atoms with Crippen molar-refractivity contribution in [3.63, 3.8) is 0 Å². The summed E-state index contributed by atoms with van der Waals surface area (Å²) in [6.45, 7) is 2.74. The van der Waals surface area contributed by atoms with Crippen molar-refractivity contribution in [2.24, 2.45) is 0 Å². The highest BCUT2D eigenvalue weighted by Crippen LogP contribution is 2.20. The van der Waals surface area contributed by atoms with Gasteiger partial charge >= 0.3 is 0 Å².